The molecule has 1 aromatic rings. The van der Waals surface area contributed by atoms with Gasteiger partial charge in [0, 0.05) is 42.3 Å². The van der Waals surface area contributed by atoms with Gasteiger partial charge >= 0.3 is 0 Å². The van der Waals surface area contributed by atoms with Crippen LogP contribution in [-0.2, 0) is 4.79 Å². The van der Waals surface area contributed by atoms with E-state index in [1.54, 1.807) is 29.2 Å². The minimum absolute atomic E-state index is 0.0723. The van der Waals surface area contributed by atoms with Crippen molar-refractivity contribution < 1.29 is 9.59 Å². The number of rotatable bonds is 3. The van der Waals surface area contributed by atoms with Gasteiger partial charge in [-0.3, -0.25) is 14.5 Å². The molecule has 0 unspecified atom stereocenters. The second kappa shape index (κ2) is 6.80. The van der Waals surface area contributed by atoms with E-state index in [1.807, 2.05) is 0 Å². The molecule has 0 N–H and O–H groups in total. The van der Waals surface area contributed by atoms with Crippen LogP contribution in [0.1, 0.15) is 37.6 Å². The van der Waals surface area contributed by atoms with Crippen molar-refractivity contribution in [1.82, 2.24) is 9.80 Å². The first kappa shape index (κ1) is 17.0. The molecule has 0 bridgehead atoms. The number of ketones is 1. The highest BCUT2D eigenvalue weighted by Crippen LogP contribution is 2.17. The molecule has 1 aromatic carbocycles. The molecule has 0 radical (unpaired) electrons. The molecular formula is C17H23ClN2O2. The molecule has 0 spiro atoms. The second-order valence-corrected chi connectivity index (χ2v) is 7.08. The van der Waals surface area contributed by atoms with Crippen LogP contribution in [0.25, 0.3) is 0 Å². The molecule has 1 aliphatic rings. The molecule has 2 rings (SSSR count). The zero-order valence-corrected chi connectivity index (χ0v) is 14.2. The van der Waals surface area contributed by atoms with E-state index in [2.05, 4.69) is 25.7 Å². The van der Waals surface area contributed by atoms with Gasteiger partial charge < -0.3 is 4.90 Å². The molecule has 1 heterocycles. The van der Waals surface area contributed by atoms with Crippen LogP contribution in [-0.4, -0.2) is 53.2 Å². The van der Waals surface area contributed by atoms with Crippen molar-refractivity contribution in [2.75, 3.05) is 26.2 Å². The number of carbonyl (C=O) groups excluding carboxylic acids is 2. The summed E-state index contributed by atoms with van der Waals surface area (Å²) in [6.07, 6.45) is -0.0723. The lowest BCUT2D eigenvalue weighted by molar-refractivity contribution is -0.132. The minimum Gasteiger partial charge on any atom is -0.340 e. The van der Waals surface area contributed by atoms with Crippen LogP contribution in [0.2, 0.25) is 5.02 Å². The number of amides is 1. The fourth-order valence-corrected chi connectivity index (χ4v) is 2.74. The summed E-state index contributed by atoms with van der Waals surface area (Å²) in [7, 11) is 0. The monoisotopic (exact) mass is 322 g/mol. The molecule has 0 aliphatic carbocycles. The quantitative estimate of drug-likeness (QED) is 0.634. The van der Waals surface area contributed by atoms with Gasteiger partial charge in [0.1, 0.15) is 0 Å². The number of nitrogens with zero attached hydrogens (tertiary/aromatic N) is 2. The lowest BCUT2D eigenvalue weighted by atomic mass is 10.0. The van der Waals surface area contributed by atoms with Crippen LogP contribution in [0.3, 0.4) is 0 Å². The molecule has 4 nitrogen and oxygen atoms in total. The summed E-state index contributed by atoms with van der Waals surface area (Å²) in [5.74, 6) is -0.242. The lowest BCUT2D eigenvalue weighted by Crippen LogP contribution is -2.54. The van der Waals surface area contributed by atoms with Crippen molar-refractivity contribution in [3.05, 3.63) is 34.9 Å². The molecule has 120 valence electrons. The third kappa shape index (κ3) is 4.31. The SMILES string of the molecule is CC(C)(C)N1CCN(C(=O)CC(=O)c2ccc(Cl)cc2)CC1. The maximum absolute atomic E-state index is 12.3. The Hall–Kier alpha value is -1.39. The summed E-state index contributed by atoms with van der Waals surface area (Å²) in [4.78, 5) is 28.5. The molecule has 0 atom stereocenters. The smallest absolute Gasteiger partial charge is 0.230 e. The highest BCUT2D eigenvalue weighted by molar-refractivity contribution is 6.30. The van der Waals surface area contributed by atoms with Gasteiger partial charge in [-0.25, -0.2) is 0 Å². The molecule has 5 heteroatoms. The van der Waals surface area contributed by atoms with Crippen molar-refractivity contribution in [3.63, 3.8) is 0 Å². The number of carbonyl (C=O) groups is 2. The first-order valence-electron chi connectivity index (χ1n) is 7.59. The lowest BCUT2D eigenvalue weighted by Gasteiger charge is -2.42. The highest BCUT2D eigenvalue weighted by atomic mass is 35.5. The van der Waals surface area contributed by atoms with Crippen LogP contribution >= 0.6 is 11.6 Å². The Morgan fingerprint density at radius 1 is 1.05 bits per heavy atom. The van der Waals surface area contributed by atoms with E-state index in [1.165, 1.54) is 0 Å². The topological polar surface area (TPSA) is 40.6 Å². The van der Waals surface area contributed by atoms with E-state index in [9.17, 15) is 9.59 Å². The largest absolute Gasteiger partial charge is 0.340 e. The van der Waals surface area contributed by atoms with Gasteiger partial charge in [0.2, 0.25) is 5.91 Å². The maximum atomic E-state index is 12.3. The number of halogens is 1. The van der Waals surface area contributed by atoms with E-state index in [4.69, 9.17) is 11.6 Å². The van der Waals surface area contributed by atoms with Crippen LogP contribution < -0.4 is 0 Å². The van der Waals surface area contributed by atoms with Gasteiger partial charge in [-0.15, -0.1) is 0 Å². The molecule has 1 amide bonds. The Labute approximate surface area is 137 Å². The fourth-order valence-electron chi connectivity index (χ4n) is 2.61. The molecule has 1 saturated heterocycles. The zero-order valence-electron chi connectivity index (χ0n) is 13.4. The van der Waals surface area contributed by atoms with Crippen molar-refractivity contribution in [2.45, 2.75) is 32.7 Å². The fraction of sp³-hybridized carbons (Fsp3) is 0.529. The van der Waals surface area contributed by atoms with Crippen molar-refractivity contribution in [3.8, 4) is 0 Å². The normalized spacial score (nSPS) is 16.6. The molecule has 1 aliphatic heterocycles. The number of piperazine rings is 1. The van der Waals surface area contributed by atoms with Gasteiger partial charge in [-0.05, 0) is 45.0 Å². The van der Waals surface area contributed by atoms with Crippen molar-refractivity contribution >= 4 is 23.3 Å². The summed E-state index contributed by atoms with van der Waals surface area (Å²) in [5.41, 5.74) is 0.653. The summed E-state index contributed by atoms with van der Waals surface area (Å²) >= 11 is 5.80. The molecule has 22 heavy (non-hydrogen) atoms. The molecule has 0 saturated carbocycles. The van der Waals surface area contributed by atoms with Gasteiger partial charge in [-0.1, -0.05) is 11.6 Å². The number of Topliss-reactive ketones (excluding diaryl/α,β-unsaturated/α-hetero) is 1. The summed E-state index contributed by atoms with van der Waals surface area (Å²) in [6.45, 7) is 9.60. The van der Waals surface area contributed by atoms with Crippen LogP contribution in [0.4, 0.5) is 0 Å². The van der Waals surface area contributed by atoms with Crippen molar-refractivity contribution in [2.24, 2.45) is 0 Å². The first-order valence-corrected chi connectivity index (χ1v) is 7.97. The standard InChI is InChI=1S/C17H23ClN2O2/c1-17(2,3)20-10-8-19(9-11-20)16(22)12-15(21)13-4-6-14(18)7-5-13/h4-7H,8-12H2,1-3H3. The predicted molar refractivity (Wildman–Crippen MR) is 88.3 cm³/mol. The molecule has 0 aromatic heterocycles. The number of benzene rings is 1. The Morgan fingerprint density at radius 3 is 2.09 bits per heavy atom. The van der Waals surface area contributed by atoms with Gasteiger partial charge in [-0.2, -0.15) is 0 Å². The Balaban J connectivity index is 1.88. The molecular weight excluding hydrogens is 300 g/mol. The van der Waals surface area contributed by atoms with Gasteiger partial charge in [0.15, 0.2) is 5.78 Å². The Bertz CT molecular complexity index is 541. The average Bonchev–Trinajstić information content (AvgIpc) is 2.47. The third-order valence-electron chi connectivity index (χ3n) is 4.06. The number of hydrogen-bond donors (Lipinski definition) is 0. The first-order chi connectivity index (χ1) is 10.3. The molecule has 1 fully saturated rings. The summed E-state index contributed by atoms with van der Waals surface area (Å²) in [6, 6.07) is 6.66. The van der Waals surface area contributed by atoms with E-state index >= 15 is 0 Å². The summed E-state index contributed by atoms with van der Waals surface area (Å²) in [5, 5.41) is 0.584. The van der Waals surface area contributed by atoms with Crippen LogP contribution in [0.5, 0.6) is 0 Å². The second-order valence-electron chi connectivity index (χ2n) is 6.65. The van der Waals surface area contributed by atoms with E-state index in [0.29, 0.717) is 23.7 Å². The van der Waals surface area contributed by atoms with E-state index in [0.717, 1.165) is 13.1 Å². The van der Waals surface area contributed by atoms with Crippen LogP contribution in [0, 0.1) is 0 Å². The van der Waals surface area contributed by atoms with E-state index in [-0.39, 0.29) is 23.7 Å². The Kier molecular flexibility index (Phi) is 5.24. The van der Waals surface area contributed by atoms with Gasteiger partial charge in [0.05, 0.1) is 6.42 Å². The summed E-state index contributed by atoms with van der Waals surface area (Å²) < 4.78 is 0. The van der Waals surface area contributed by atoms with Gasteiger partial charge in [0.25, 0.3) is 0 Å². The minimum atomic E-state index is -0.153. The van der Waals surface area contributed by atoms with Crippen molar-refractivity contribution in [1.29, 1.82) is 0 Å². The highest BCUT2D eigenvalue weighted by Gasteiger charge is 2.28. The average molecular weight is 323 g/mol. The third-order valence-corrected chi connectivity index (χ3v) is 4.31. The Morgan fingerprint density at radius 2 is 1.59 bits per heavy atom. The zero-order chi connectivity index (χ0) is 16.3. The van der Waals surface area contributed by atoms with Crippen LogP contribution in [0.15, 0.2) is 24.3 Å². The van der Waals surface area contributed by atoms with E-state index < -0.39 is 0 Å². The number of hydrogen-bond acceptors (Lipinski definition) is 3. The predicted octanol–water partition coefficient (Wildman–Crippen LogP) is 2.86. The maximum Gasteiger partial charge on any atom is 0.230 e.